The van der Waals surface area contributed by atoms with Crippen LogP contribution in [0.4, 0.5) is 0 Å². The van der Waals surface area contributed by atoms with Gasteiger partial charge in [0.25, 0.3) is 0 Å². The lowest BCUT2D eigenvalue weighted by Crippen LogP contribution is -2.35. The van der Waals surface area contributed by atoms with Gasteiger partial charge in [0.1, 0.15) is 0 Å². The number of hydrogen-bond acceptors (Lipinski definition) is 1. The van der Waals surface area contributed by atoms with Gasteiger partial charge in [0.2, 0.25) is 0 Å². The van der Waals surface area contributed by atoms with Crippen molar-refractivity contribution in [1.29, 1.82) is 0 Å². The Hall–Kier alpha value is -1.08. The number of rotatable bonds is 3. The van der Waals surface area contributed by atoms with Gasteiger partial charge in [-0.05, 0) is 48.8 Å². The summed E-state index contributed by atoms with van der Waals surface area (Å²) in [5.74, 6) is 0.859. The molecule has 0 saturated carbocycles. The quantitative estimate of drug-likeness (QED) is 0.745. The van der Waals surface area contributed by atoms with Crippen LogP contribution in [0, 0.1) is 5.92 Å². The summed E-state index contributed by atoms with van der Waals surface area (Å²) in [6.07, 6.45) is 5.09. The third-order valence-corrected chi connectivity index (χ3v) is 4.40. The molecule has 0 bridgehead atoms. The van der Waals surface area contributed by atoms with Gasteiger partial charge >= 0.3 is 0 Å². The van der Waals surface area contributed by atoms with Crippen LogP contribution in [0.15, 0.2) is 29.8 Å². The molecule has 0 N–H and O–H groups in total. The highest BCUT2D eigenvalue weighted by atomic mass is 15.1. The molecule has 0 spiro atoms. The molecule has 1 atom stereocenters. The van der Waals surface area contributed by atoms with E-state index in [9.17, 15) is 0 Å². The molecule has 0 amide bonds. The third kappa shape index (κ3) is 5.00. The third-order valence-electron chi connectivity index (χ3n) is 4.40. The Morgan fingerprint density at radius 2 is 1.90 bits per heavy atom. The van der Waals surface area contributed by atoms with Crippen molar-refractivity contribution in [3.05, 3.63) is 41.0 Å². The van der Waals surface area contributed by atoms with E-state index in [0.717, 1.165) is 12.5 Å². The summed E-state index contributed by atoms with van der Waals surface area (Å²) in [4.78, 5) is 2.60. The number of likely N-dealkylation sites (tertiary alicyclic amines) is 1. The van der Waals surface area contributed by atoms with E-state index in [2.05, 4.69) is 69.9 Å². The van der Waals surface area contributed by atoms with Crippen molar-refractivity contribution < 1.29 is 0 Å². The Labute approximate surface area is 131 Å². The standard InChI is InChI=1S/C20H31N/c1-16-7-6-12-21(14-16)15-17(2)13-18-8-10-19(11-9-18)20(3,4)5/h8-11,13,16H,6-7,12,14-15H2,1-5H3. The molecule has 1 fully saturated rings. The van der Waals surface area contributed by atoms with Gasteiger partial charge in [-0.15, -0.1) is 0 Å². The van der Waals surface area contributed by atoms with Gasteiger partial charge in [-0.1, -0.05) is 63.6 Å². The van der Waals surface area contributed by atoms with E-state index in [-0.39, 0.29) is 5.41 Å². The van der Waals surface area contributed by atoms with E-state index in [1.807, 2.05) is 0 Å². The number of nitrogens with zero attached hydrogens (tertiary/aromatic N) is 1. The zero-order chi connectivity index (χ0) is 15.5. The molecular formula is C20H31N. The zero-order valence-electron chi connectivity index (χ0n) is 14.4. The molecule has 1 aliphatic heterocycles. The molecule has 1 unspecified atom stereocenters. The molecule has 1 saturated heterocycles. The largest absolute Gasteiger partial charge is 0.299 e. The minimum atomic E-state index is 0.237. The molecule has 116 valence electrons. The maximum Gasteiger partial charge on any atom is 0.0193 e. The Morgan fingerprint density at radius 1 is 1.24 bits per heavy atom. The van der Waals surface area contributed by atoms with Crippen LogP contribution in [0.2, 0.25) is 0 Å². The van der Waals surface area contributed by atoms with Crippen molar-refractivity contribution in [2.45, 2.75) is 52.9 Å². The Balaban J connectivity index is 1.98. The van der Waals surface area contributed by atoms with Gasteiger partial charge in [-0.25, -0.2) is 0 Å². The first-order valence-electron chi connectivity index (χ1n) is 8.34. The van der Waals surface area contributed by atoms with E-state index >= 15 is 0 Å². The van der Waals surface area contributed by atoms with Gasteiger partial charge in [-0.2, -0.15) is 0 Å². The molecule has 1 nitrogen and oxygen atoms in total. The molecule has 21 heavy (non-hydrogen) atoms. The van der Waals surface area contributed by atoms with E-state index in [0.29, 0.717) is 0 Å². The van der Waals surface area contributed by atoms with E-state index in [1.165, 1.54) is 42.6 Å². The van der Waals surface area contributed by atoms with Gasteiger partial charge in [0.05, 0.1) is 0 Å². The minimum absolute atomic E-state index is 0.237. The second-order valence-electron chi connectivity index (χ2n) is 7.85. The maximum atomic E-state index is 2.60. The molecule has 2 rings (SSSR count). The van der Waals surface area contributed by atoms with Crippen molar-refractivity contribution in [2.24, 2.45) is 5.92 Å². The van der Waals surface area contributed by atoms with Gasteiger partial charge in [0, 0.05) is 13.1 Å². The van der Waals surface area contributed by atoms with Gasteiger partial charge < -0.3 is 0 Å². The van der Waals surface area contributed by atoms with Gasteiger partial charge in [0.15, 0.2) is 0 Å². The van der Waals surface area contributed by atoms with Gasteiger partial charge in [-0.3, -0.25) is 4.90 Å². The van der Waals surface area contributed by atoms with Crippen LogP contribution >= 0.6 is 0 Å². The summed E-state index contributed by atoms with van der Waals surface area (Å²) in [6, 6.07) is 9.04. The van der Waals surface area contributed by atoms with Crippen LogP contribution < -0.4 is 0 Å². The Bertz CT molecular complexity index is 476. The highest BCUT2D eigenvalue weighted by Crippen LogP contribution is 2.23. The molecular weight excluding hydrogens is 254 g/mol. The molecule has 1 aromatic carbocycles. The van der Waals surface area contributed by atoms with Crippen LogP contribution in [0.3, 0.4) is 0 Å². The summed E-state index contributed by atoms with van der Waals surface area (Å²) in [7, 11) is 0. The second kappa shape index (κ2) is 6.79. The second-order valence-corrected chi connectivity index (χ2v) is 7.85. The Morgan fingerprint density at radius 3 is 2.48 bits per heavy atom. The highest BCUT2D eigenvalue weighted by Gasteiger charge is 2.16. The fourth-order valence-corrected chi connectivity index (χ4v) is 3.19. The first-order chi connectivity index (χ1) is 9.84. The molecule has 0 radical (unpaired) electrons. The molecule has 0 aliphatic carbocycles. The first kappa shape index (κ1) is 16.3. The van der Waals surface area contributed by atoms with Crippen molar-refractivity contribution >= 4 is 6.08 Å². The monoisotopic (exact) mass is 285 g/mol. The van der Waals surface area contributed by atoms with E-state index in [4.69, 9.17) is 0 Å². The summed E-state index contributed by atoms with van der Waals surface area (Å²) < 4.78 is 0. The molecule has 0 aromatic heterocycles. The fraction of sp³-hybridized carbons (Fsp3) is 0.600. The summed E-state index contributed by atoms with van der Waals surface area (Å²) in [5.41, 5.74) is 4.43. The van der Waals surface area contributed by atoms with Crippen LogP contribution in [0.5, 0.6) is 0 Å². The van der Waals surface area contributed by atoms with Crippen LogP contribution in [-0.4, -0.2) is 24.5 Å². The SMILES string of the molecule is CC(=Cc1ccc(C(C)(C)C)cc1)CN1CCCC(C)C1. The smallest absolute Gasteiger partial charge is 0.0193 e. The van der Waals surface area contributed by atoms with Crippen molar-refractivity contribution in [1.82, 2.24) is 4.90 Å². The molecule has 1 aliphatic rings. The molecule has 1 heterocycles. The van der Waals surface area contributed by atoms with Crippen LogP contribution in [-0.2, 0) is 5.41 Å². The average Bonchev–Trinajstić information content (AvgIpc) is 2.38. The predicted molar refractivity (Wildman–Crippen MR) is 93.6 cm³/mol. The van der Waals surface area contributed by atoms with Crippen LogP contribution in [0.25, 0.3) is 6.08 Å². The lowest BCUT2D eigenvalue weighted by Gasteiger charge is -2.31. The normalized spacial score (nSPS) is 21.6. The number of benzene rings is 1. The Kier molecular flexibility index (Phi) is 5.27. The lowest BCUT2D eigenvalue weighted by molar-refractivity contribution is 0.198. The fourth-order valence-electron chi connectivity index (χ4n) is 3.19. The van der Waals surface area contributed by atoms with Crippen LogP contribution in [0.1, 0.15) is 58.6 Å². The van der Waals surface area contributed by atoms with Crippen molar-refractivity contribution in [3.8, 4) is 0 Å². The van der Waals surface area contributed by atoms with E-state index < -0.39 is 0 Å². The average molecular weight is 285 g/mol. The molecule has 1 aromatic rings. The van der Waals surface area contributed by atoms with Crippen molar-refractivity contribution in [2.75, 3.05) is 19.6 Å². The topological polar surface area (TPSA) is 3.24 Å². The molecule has 1 heteroatoms. The van der Waals surface area contributed by atoms with E-state index in [1.54, 1.807) is 0 Å². The summed E-state index contributed by atoms with van der Waals surface area (Å²) >= 11 is 0. The predicted octanol–water partition coefficient (Wildman–Crippen LogP) is 5.12. The zero-order valence-corrected chi connectivity index (χ0v) is 14.4. The first-order valence-corrected chi connectivity index (χ1v) is 8.34. The van der Waals surface area contributed by atoms with Crippen molar-refractivity contribution in [3.63, 3.8) is 0 Å². The number of hydrogen-bond donors (Lipinski definition) is 0. The lowest BCUT2D eigenvalue weighted by atomic mass is 9.86. The summed E-state index contributed by atoms with van der Waals surface area (Å²) in [6.45, 7) is 15.1. The number of piperidine rings is 1. The maximum absolute atomic E-state index is 2.60. The minimum Gasteiger partial charge on any atom is -0.299 e. The summed E-state index contributed by atoms with van der Waals surface area (Å²) in [5, 5.41) is 0. The highest BCUT2D eigenvalue weighted by molar-refractivity contribution is 5.53.